The molecule has 0 fully saturated rings. The van der Waals surface area contributed by atoms with E-state index in [1.165, 1.54) is 0 Å². The SMILES string of the molecule is Cc1nc2scc(-c3ccccn3)n2c1CC#N. The molecule has 0 amide bonds. The molecule has 5 heteroatoms. The van der Waals surface area contributed by atoms with Crippen LogP contribution in [0.25, 0.3) is 16.3 Å². The molecule has 3 aromatic rings. The van der Waals surface area contributed by atoms with Gasteiger partial charge in [-0.2, -0.15) is 5.26 Å². The summed E-state index contributed by atoms with van der Waals surface area (Å²) in [7, 11) is 0. The van der Waals surface area contributed by atoms with Gasteiger partial charge in [0, 0.05) is 11.6 Å². The van der Waals surface area contributed by atoms with Crippen LogP contribution in [-0.2, 0) is 6.42 Å². The van der Waals surface area contributed by atoms with Gasteiger partial charge in [-0.3, -0.25) is 9.38 Å². The molecule has 88 valence electrons. The Morgan fingerprint density at radius 1 is 1.44 bits per heavy atom. The highest BCUT2D eigenvalue weighted by Crippen LogP contribution is 2.27. The number of nitrogens with zero attached hydrogens (tertiary/aromatic N) is 4. The van der Waals surface area contributed by atoms with Crippen molar-refractivity contribution in [2.24, 2.45) is 0 Å². The van der Waals surface area contributed by atoms with Gasteiger partial charge in [-0.1, -0.05) is 6.07 Å². The molecule has 0 radical (unpaired) electrons. The Balaban J connectivity index is 2.28. The van der Waals surface area contributed by atoms with Gasteiger partial charge in [-0.05, 0) is 19.1 Å². The Morgan fingerprint density at radius 3 is 3.06 bits per heavy atom. The molecule has 0 aliphatic heterocycles. The molecule has 0 aromatic carbocycles. The number of pyridine rings is 1. The summed E-state index contributed by atoms with van der Waals surface area (Å²) >= 11 is 1.57. The first-order chi connectivity index (χ1) is 8.81. The number of hydrogen-bond acceptors (Lipinski definition) is 4. The van der Waals surface area contributed by atoms with E-state index in [9.17, 15) is 0 Å². The molecule has 3 rings (SSSR count). The van der Waals surface area contributed by atoms with E-state index in [4.69, 9.17) is 5.26 Å². The maximum atomic E-state index is 8.92. The average Bonchev–Trinajstić information content (AvgIpc) is 2.92. The molecule has 18 heavy (non-hydrogen) atoms. The van der Waals surface area contributed by atoms with E-state index in [2.05, 4.69) is 16.0 Å². The standard InChI is InChI=1S/C13H10N4S/c1-9-11(5-6-14)17-12(8-18-13(17)16-9)10-4-2-3-7-15-10/h2-4,7-8H,5H2,1H3. The Kier molecular flexibility index (Phi) is 2.58. The van der Waals surface area contributed by atoms with Gasteiger partial charge >= 0.3 is 0 Å². The second-order valence-corrected chi connectivity index (χ2v) is 4.77. The summed E-state index contributed by atoms with van der Waals surface area (Å²) in [6.45, 7) is 1.94. The Morgan fingerprint density at radius 2 is 2.33 bits per heavy atom. The van der Waals surface area contributed by atoms with Gasteiger partial charge in [0.2, 0.25) is 0 Å². The third-order valence-corrected chi connectivity index (χ3v) is 3.66. The molecule has 0 bridgehead atoms. The van der Waals surface area contributed by atoms with Crippen LogP contribution in [0.3, 0.4) is 0 Å². The van der Waals surface area contributed by atoms with Crippen molar-refractivity contribution in [2.45, 2.75) is 13.3 Å². The van der Waals surface area contributed by atoms with Gasteiger partial charge in [0.25, 0.3) is 0 Å². The fourth-order valence-corrected chi connectivity index (χ4v) is 2.94. The van der Waals surface area contributed by atoms with Crippen LogP contribution < -0.4 is 0 Å². The van der Waals surface area contributed by atoms with E-state index in [-0.39, 0.29) is 0 Å². The molecule has 0 unspecified atom stereocenters. The molecular formula is C13H10N4S. The van der Waals surface area contributed by atoms with Crippen LogP contribution in [0.5, 0.6) is 0 Å². The Hall–Kier alpha value is -2.19. The fourth-order valence-electron chi connectivity index (χ4n) is 2.00. The summed E-state index contributed by atoms with van der Waals surface area (Å²) in [5, 5.41) is 11.0. The second kappa shape index (κ2) is 4.24. The zero-order valence-corrected chi connectivity index (χ0v) is 10.6. The summed E-state index contributed by atoms with van der Waals surface area (Å²) in [5.41, 5.74) is 3.77. The van der Waals surface area contributed by atoms with Gasteiger partial charge in [-0.15, -0.1) is 11.3 Å². The quantitative estimate of drug-likeness (QED) is 0.706. The van der Waals surface area contributed by atoms with E-state index in [0.29, 0.717) is 6.42 Å². The molecular weight excluding hydrogens is 244 g/mol. The van der Waals surface area contributed by atoms with Gasteiger partial charge in [0.05, 0.1) is 35.3 Å². The van der Waals surface area contributed by atoms with Gasteiger partial charge < -0.3 is 0 Å². The molecule has 0 atom stereocenters. The highest BCUT2D eigenvalue weighted by Gasteiger charge is 2.15. The predicted molar refractivity (Wildman–Crippen MR) is 70.4 cm³/mol. The topological polar surface area (TPSA) is 54.0 Å². The van der Waals surface area contributed by atoms with Crippen molar-refractivity contribution in [3.63, 3.8) is 0 Å². The minimum Gasteiger partial charge on any atom is -0.284 e. The summed E-state index contributed by atoms with van der Waals surface area (Å²) in [6.07, 6.45) is 2.14. The third-order valence-electron chi connectivity index (χ3n) is 2.83. The van der Waals surface area contributed by atoms with E-state index >= 15 is 0 Å². The fraction of sp³-hybridized carbons (Fsp3) is 0.154. The zero-order valence-electron chi connectivity index (χ0n) is 9.79. The lowest BCUT2D eigenvalue weighted by Gasteiger charge is -2.01. The van der Waals surface area contributed by atoms with Crippen LogP contribution in [-0.4, -0.2) is 14.4 Å². The molecule has 3 heterocycles. The molecule has 3 aromatic heterocycles. The van der Waals surface area contributed by atoms with E-state index in [1.54, 1.807) is 17.5 Å². The highest BCUT2D eigenvalue weighted by molar-refractivity contribution is 7.15. The molecule has 0 aliphatic carbocycles. The van der Waals surface area contributed by atoms with Crippen molar-refractivity contribution in [1.29, 1.82) is 5.26 Å². The number of fused-ring (bicyclic) bond motifs is 1. The summed E-state index contributed by atoms with van der Waals surface area (Å²) < 4.78 is 2.03. The summed E-state index contributed by atoms with van der Waals surface area (Å²) in [5.74, 6) is 0. The number of rotatable bonds is 2. The zero-order chi connectivity index (χ0) is 12.5. The maximum Gasteiger partial charge on any atom is 0.194 e. The third kappa shape index (κ3) is 1.59. The number of aromatic nitrogens is 3. The summed E-state index contributed by atoms with van der Waals surface area (Å²) in [4.78, 5) is 9.75. The Labute approximate surface area is 108 Å². The summed E-state index contributed by atoms with van der Waals surface area (Å²) in [6, 6.07) is 8.01. The van der Waals surface area contributed by atoms with Crippen molar-refractivity contribution in [1.82, 2.24) is 14.4 Å². The van der Waals surface area contributed by atoms with Crippen LogP contribution in [0.1, 0.15) is 11.4 Å². The van der Waals surface area contributed by atoms with E-state index < -0.39 is 0 Å². The number of aryl methyl sites for hydroxylation is 1. The number of nitriles is 1. The van der Waals surface area contributed by atoms with Crippen LogP contribution in [0.15, 0.2) is 29.8 Å². The Bertz CT molecular complexity index is 734. The predicted octanol–water partition coefficient (Wildman–Crippen LogP) is 2.83. The molecule has 0 aliphatic rings. The van der Waals surface area contributed by atoms with Crippen molar-refractivity contribution >= 4 is 16.3 Å². The monoisotopic (exact) mass is 254 g/mol. The largest absolute Gasteiger partial charge is 0.284 e. The first kappa shape index (κ1) is 10.9. The molecule has 0 spiro atoms. The van der Waals surface area contributed by atoms with Gasteiger partial charge in [0.1, 0.15) is 0 Å². The minimum atomic E-state index is 0.365. The van der Waals surface area contributed by atoms with Crippen molar-refractivity contribution in [3.05, 3.63) is 41.2 Å². The van der Waals surface area contributed by atoms with Gasteiger partial charge in [0.15, 0.2) is 4.96 Å². The molecule has 4 nitrogen and oxygen atoms in total. The lowest BCUT2D eigenvalue weighted by Crippen LogP contribution is -1.95. The molecule has 0 saturated heterocycles. The second-order valence-electron chi connectivity index (χ2n) is 3.93. The van der Waals surface area contributed by atoms with Crippen LogP contribution in [0, 0.1) is 18.3 Å². The van der Waals surface area contributed by atoms with Crippen LogP contribution >= 0.6 is 11.3 Å². The van der Waals surface area contributed by atoms with Crippen molar-refractivity contribution < 1.29 is 0 Å². The lowest BCUT2D eigenvalue weighted by atomic mass is 10.2. The maximum absolute atomic E-state index is 8.92. The molecule has 0 N–H and O–H groups in total. The van der Waals surface area contributed by atoms with E-state index in [0.717, 1.165) is 27.7 Å². The molecule has 0 saturated carbocycles. The van der Waals surface area contributed by atoms with Crippen LogP contribution in [0.2, 0.25) is 0 Å². The number of imidazole rings is 1. The van der Waals surface area contributed by atoms with Gasteiger partial charge in [-0.25, -0.2) is 4.98 Å². The van der Waals surface area contributed by atoms with E-state index in [1.807, 2.05) is 34.9 Å². The first-order valence-corrected chi connectivity index (χ1v) is 6.43. The first-order valence-electron chi connectivity index (χ1n) is 5.55. The highest BCUT2D eigenvalue weighted by atomic mass is 32.1. The van der Waals surface area contributed by atoms with Crippen molar-refractivity contribution in [3.8, 4) is 17.5 Å². The minimum absolute atomic E-state index is 0.365. The smallest absolute Gasteiger partial charge is 0.194 e. The normalized spacial score (nSPS) is 10.7. The number of thiazole rings is 1. The lowest BCUT2D eigenvalue weighted by molar-refractivity contribution is 1.05. The van der Waals surface area contributed by atoms with Crippen molar-refractivity contribution in [2.75, 3.05) is 0 Å². The average molecular weight is 254 g/mol. The van der Waals surface area contributed by atoms with Crippen LogP contribution in [0.4, 0.5) is 0 Å². The number of hydrogen-bond donors (Lipinski definition) is 0.